The van der Waals surface area contributed by atoms with Crippen LogP contribution in [0.2, 0.25) is 0 Å². The molecule has 2 aromatic carbocycles. The van der Waals surface area contributed by atoms with E-state index in [1.54, 1.807) is 6.07 Å². The standard InChI is InChI=1S/C13H10F3N/c14-10-2-1-3-11(15)13(10)9-5-4-8(7-17)6-12(9)16/h1-6H,7,17H2. The van der Waals surface area contributed by atoms with Crippen LogP contribution in [0.4, 0.5) is 13.2 Å². The van der Waals surface area contributed by atoms with Gasteiger partial charge in [-0.05, 0) is 23.8 Å². The van der Waals surface area contributed by atoms with Crippen LogP contribution in [0.15, 0.2) is 36.4 Å². The molecule has 0 saturated carbocycles. The van der Waals surface area contributed by atoms with Crippen LogP contribution < -0.4 is 5.73 Å². The van der Waals surface area contributed by atoms with Crippen LogP contribution >= 0.6 is 0 Å². The van der Waals surface area contributed by atoms with Crippen molar-refractivity contribution in [2.45, 2.75) is 6.54 Å². The molecule has 0 aliphatic carbocycles. The first-order valence-corrected chi connectivity index (χ1v) is 5.06. The maximum atomic E-state index is 13.7. The summed E-state index contributed by atoms with van der Waals surface area (Å²) in [4.78, 5) is 0. The molecule has 0 fully saturated rings. The highest BCUT2D eigenvalue weighted by atomic mass is 19.1. The Morgan fingerprint density at radius 3 is 2.06 bits per heavy atom. The van der Waals surface area contributed by atoms with E-state index in [1.165, 1.54) is 18.2 Å². The second-order valence-electron chi connectivity index (χ2n) is 3.61. The summed E-state index contributed by atoms with van der Waals surface area (Å²) in [5.74, 6) is -2.26. The van der Waals surface area contributed by atoms with Gasteiger partial charge in [0.2, 0.25) is 0 Å². The van der Waals surface area contributed by atoms with Gasteiger partial charge in [0.05, 0.1) is 5.56 Å². The Bertz CT molecular complexity index is 532. The molecular formula is C13H10F3N. The number of benzene rings is 2. The summed E-state index contributed by atoms with van der Waals surface area (Å²) in [7, 11) is 0. The minimum absolute atomic E-state index is 0.0993. The molecule has 0 atom stereocenters. The summed E-state index contributed by atoms with van der Waals surface area (Å²) < 4.78 is 40.6. The normalized spacial score (nSPS) is 10.6. The monoisotopic (exact) mass is 237 g/mol. The van der Waals surface area contributed by atoms with E-state index in [2.05, 4.69) is 0 Å². The lowest BCUT2D eigenvalue weighted by molar-refractivity contribution is 0.581. The molecule has 0 unspecified atom stereocenters. The molecule has 17 heavy (non-hydrogen) atoms. The van der Waals surface area contributed by atoms with Gasteiger partial charge in [-0.3, -0.25) is 0 Å². The number of rotatable bonds is 2. The van der Waals surface area contributed by atoms with E-state index in [-0.39, 0.29) is 17.7 Å². The van der Waals surface area contributed by atoms with Crippen LogP contribution in [0, 0.1) is 17.5 Å². The molecule has 0 aromatic heterocycles. The summed E-state index contributed by atoms with van der Waals surface area (Å²) in [6, 6.07) is 7.48. The second-order valence-corrected chi connectivity index (χ2v) is 3.61. The van der Waals surface area contributed by atoms with Crippen molar-refractivity contribution in [3.63, 3.8) is 0 Å². The van der Waals surface area contributed by atoms with Crippen molar-refractivity contribution in [2.75, 3.05) is 0 Å². The van der Waals surface area contributed by atoms with Gasteiger partial charge in [0.1, 0.15) is 17.5 Å². The fraction of sp³-hybridized carbons (Fsp3) is 0.0769. The number of hydrogen-bond donors (Lipinski definition) is 1. The highest BCUT2D eigenvalue weighted by Crippen LogP contribution is 2.28. The Labute approximate surface area is 96.7 Å². The second kappa shape index (κ2) is 4.59. The van der Waals surface area contributed by atoms with Gasteiger partial charge in [-0.2, -0.15) is 0 Å². The molecule has 0 aliphatic heterocycles. The Morgan fingerprint density at radius 1 is 0.882 bits per heavy atom. The largest absolute Gasteiger partial charge is 0.326 e. The average Bonchev–Trinajstić information content (AvgIpc) is 2.30. The molecule has 0 heterocycles. The quantitative estimate of drug-likeness (QED) is 0.852. The highest BCUT2D eigenvalue weighted by molar-refractivity contribution is 5.65. The zero-order valence-corrected chi connectivity index (χ0v) is 8.88. The maximum absolute atomic E-state index is 13.7. The smallest absolute Gasteiger partial charge is 0.134 e. The summed E-state index contributed by atoms with van der Waals surface area (Å²) in [5.41, 5.74) is 5.47. The Balaban J connectivity index is 2.61. The topological polar surface area (TPSA) is 26.0 Å². The number of halogens is 3. The van der Waals surface area contributed by atoms with E-state index >= 15 is 0 Å². The van der Waals surface area contributed by atoms with Crippen LogP contribution in [-0.4, -0.2) is 0 Å². The molecule has 0 saturated heterocycles. The summed E-state index contributed by atoms with van der Waals surface area (Å²) in [6.45, 7) is 0.178. The first-order valence-electron chi connectivity index (χ1n) is 5.06. The average molecular weight is 237 g/mol. The zero-order chi connectivity index (χ0) is 12.4. The summed E-state index contributed by atoms with van der Waals surface area (Å²) >= 11 is 0. The van der Waals surface area contributed by atoms with E-state index in [9.17, 15) is 13.2 Å². The minimum Gasteiger partial charge on any atom is -0.326 e. The molecule has 1 nitrogen and oxygen atoms in total. The molecule has 2 N–H and O–H groups in total. The van der Waals surface area contributed by atoms with E-state index in [4.69, 9.17) is 5.73 Å². The van der Waals surface area contributed by atoms with Crippen LogP contribution in [-0.2, 0) is 6.54 Å². The van der Waals surface area contributed by atoms with Gasteiger partial charge in [0, 0.05) is 12.1 Å². The fourth-order valence-corrected chi connectivity index (χ4v) is 1.64. The SMILES string of the molecule is NCc1ccc(-c2c(F)cccc2F)c(F)c1. The van der Waals surface area contributed by atoms with E-state index in [1.807, 2.05) is 0 Å². The van der Waals surface area contributed by atoms with Crippen LogP contribution in [0.1, 0.15) is 5.56 Å². The molecule has 4 heteroatoms. The third-order valence-corrected chi connectivity index (χ3v) is 2.50. The fourth-order valence-electron chi connectivity index (χ4n) is 1.64. The van der Waals surface area contributed by atoms with Crippen molar-refractivity contribution >= 4 is 0 Å². The lowest BCUT2D eigenvalue weighted by Crippen LogP contribution is -1.99. The van der Waals surface area contributed by atoms with Gasteiger partial charge in [-0.15, -0.1) is 0 Å². The Hall–Kier alpha value is -1.81. The molecule has 0 spiro atoms. The van der Waals surface area contributed by atoms with E-state index in [0.29, 0.717) is 5.56 Å². The first-order chi connectivity index (χ1) is 8.13. The van der Waals surface area contributed by atoms with Crippen molar-refractivity contribution in [3.8, 4) is 11.1 Å². The van der Waals surface area contributed by atoms with Crippen molar-refractivity contribution in [1.82, 2.24) is 0 Å². The van der Waals surface area contributed by atoms with Gasteiger partial charge in [-0.1, -0.05) is 18.2 Å². The van der Waals surface area contributed by atoms with Crippen molar-refractivity contribution in [3.05, 3.63) is 59.4 Å². The Morgan fingerprint density at radius 2 is 1.53 bits per heavy atom. The van der Waals surface area contributed by atoms with Gasteiger partial charge >= 0.3 is 0 Å². The van der Waals surface area contributed by atoms with Crippen LogP contribution in [0.25, 0.3) is 11.1 Å². The molecule has 0 bridgehead atoms. The predicted molar refractivity (Wildman–Crippen MR) is 59.6 cm³/mol. The van der Waals surface area contributed by atoms with Crippen molar-refractivity contribution in [2.24, 2.45) is 5.73 Å². The lowest BCUT2D eigenvalue weighted by atomic mass is 10.0. The lowest BCUT2D eigenvalue weighted by Gasteiger charge is -2.07. The van der Waals surface area contributed by atoms with E-state index < -0.39 is 17.5 Å². The number of nitrogens with two attached hydrogens (primary N) is 1. The molecule has 0 amide bonds. The van der Waals surface area contributed by atoms with Gasteiger partial charge in [-0.25, -0.2) is 13.2 Å². The highest BCUT2D eigenvalue weighted by Gasteiger charge is 2.14. The minimum atomic E-state index is -0.788. The molecular weight excluding hydrogens is 227 g/mol. The number of hydrogen-bond acceptors (Lipinski definition) is 1. The van der Waals surface area contributed by atoms with E-state index in [0.717, 1.165) is 12.1 Å². The summed E-state index contributed by atoms with van der Waals surface area (Å²) in [6.07, 6.45) is 0. The molecule has 0 aliphatic rings. The third-order valence-electron chi connectivity index (χ3n) is 2.50. The van der Waals surface area contributed by atoms with Crippen LogP contribution in [0.5, 0.6) is 0 Å². The third kappa shape index (κ3) is 2.17. The van der Waals surface area contributed by atoms with Gasteiger partial charge < -0.3 is 5.73 Å². The molecule has 0 radical (unpaired) electrons. The van der Waals surface area contributed by atoms with Crippen molar-refractivity contribution in [1.29, 1.82) is 0 Å². The molecule has 2 rings (SSSR count). The predicted octanol–water partition coefficient (Wildman–Crippen LogP) is 3.23. The summed E-state index contributed by atoms with van der Waals surface area (Å²) in [5, 5.41) is 0. The van der Waals surface area contributed by atoms with Crippen molar-refractivity contribution < 1.29 is 13.2 Å². The Kier molecular flexibility index (Phi) is 3.15. The first kappa shape index (κ1) is 11.7. The molecule has 88 valence electrons. The van der Waals surface area contributed by atoms with Crippen LogP contribution in [0.3, 0.4) is 0 Å². The zero-order valence-electron chi connectivity index (χ0n) is 8.88. The molecule has 2 aromatic rings. The van der Waals surface area contributed by atoms with Gasteiger partial charge in [0.15, 0.2) is 0 Å². The maximum Gasteiger partial charge on any atom is 0.134 e. The van der Waals surface area contributed by atoms with Gasteiger partial charge in [0.25, 0.3) is 0 Å².